The average molecular weight is 286 g/mol. The van der Waals surface area contributed by atoms with Gasteiger partial charge >= 0.3 is 0 Å². The van der Waals surface area contributed by atoms with Crippen molar-refractivity contribution in [3.05, 3.63) is 65.0 Å². The lowest BCUT2D eigenvalue weighted by atomic mass is 10.1. The number of nitrogen functional groups attached to an aromatic ring is 1. The lowest BCUT2D eigenvalue weighted by molar-refractivity contribution is 0.386. The summed E-state index contributed by atoms with van der Waals surface area (Å²) in [5.74, 6) is 1.03. The van der Waals surface area contributed by atoms with E-state index in [9.17, 15) is 0 Å². The van der Waals surface area contributed by atoms with Crippen molar-refractivity contribution >= 4 is 17.3 Å². The van der Waals surface area contributed by atoms with Gasteiger partial charge in [0.1, 0.15) is 0 Å². The van der Waals surface area contributed by atoms with Crippen molar-refractivity contribution in [1.29, 1.82) is 0 Å². The summed E-state index contributed by atoms with van der Waals surface area (Å²) in [6, 6.07) is 15.0. The van der Waals surface area contributed by atoms with E-state index in [-0.39, 0.29) is 0 Å². The molecule has 0 aliphatic rings. The number of hydrogen-bond donors (Lipinski definition) is 1. The summed E-state index contributed by atoms with van der Waals surface area (Å²) in [7, 11) is 0. The number of halogens is 1. The zero-order valence-corrected chi connectivity index (χ0v) is 11.3. The summed E-state index contributed by atoms with van der Waals surface area (Å²) >= 11 is 5.95. The van der Waals surface area contributed by atoms with Gasteiger partial charge in [-0.15, -0.1) is 0 Å². The average Bonchev–Trinajstić information content (AvgIpc) is 2.87. The second-order valence-corrected chi connectivity index (χ2v) is 4.84. The Hall–Kier alpha value is -2.33. The number of para-hydroxylation sites is 1. The standard InChI is InChI=1S/C15H12ClN3O/c16-11-5-3-4-10(8-11)9-14-18-15(19-20-14)12-6-1-2-7-13(12)17/h1-8H,9,17H2. The van der Waals surface area contributed by atoms with Crippen LogP contribution in [-0.4, -0.2) is 10.1 Å². The smallest absolute Gasteiger partial charge is 0.231 e. The van der Waals surface area contributed by atoms with Gasteiger partial charge in [0.25, 0.3) is 0 Å². The van der Waals surface area contributed by atoms with Gasteiger partial charge in [0.15, 0.2) is 0 Å². The third-order valence-electron chi connectivity index (χ3n) is 2.91. The minimum absolute atomic E-state index is 0.500. The minimum Gasteiger partial charge on any atom is -0.398 e. The third-order valence-corrected chi connectivity index (χ3v) is 3.15. The first-order valence-electron chi connectivity index (χ1n) is 6.14. The number of anilines is 1. The maximum Gasteiger partial charge on any atom is 0.231 e. The monoisotopic (exact) mass is 285 g/mol. The Morgan fingerprint density at radius 1 is 1.10 bits per heavy atom. The molecule has 0 fully saturated rings. The van der Waals surface area contributed by atoms with Crippen molar-refractivity contribution in [3.8, 4) is 11.4 Å². The molecule has 2 aromatic carbocycles. The van der Waals surface area contributed by atoms with E-state index >= 15 is 0 Å². The first-order chi connectivity index (χ1) is 9.72. The fourth-order valence-electron chi connectivity index (χ4n) is 1.96. The predicted molar refractivity (Wildman–Crippen MR) is 78.4 cm³/mol. The van der Waals surface area contributed by atoms with Crippen LogP contribution >= 0.6 is 11.6 Å². The molecule has 0 amide bonds. The van der Waals surface area contributed by atoms with E-state index in [1.807, 2.05) is 48.5 Å². The maximum absolute atomic E-state index is 5.95. The van der Waals surface area contributed by atoms with E-state index < -0.39 is 0 Å². The number of rotatable bonds is 3. The molecule has 0 saturated heterocycles. The Kier molecular flexibility index (Phi) is 3.39. The van der Waals surface area contributed by atoms with E-state index in [1.54, 1.807) is 0 Å². The van der Waals surface area contributed by atoms with Crippen LogP contribution in [0.15, 0.2) is 53.1 Å². The molecule has 0 aliphatic heterocycles. The lowest BCUT2D eigenvalue weighted by Crippen LogP contribution is -1.91. The van der Waals surface area contributed by atoms with Crippen LogP contribution < -0.4 is 5.73 Å². The molecule has 0 radical (unpaired) electrons. The largest absolute Gasteiger partial charge is 0.398 e. The second-order valence-electron chi connectivity index (χ2n) is 4.41. The molecule has 0 spiro atoms. The molecule has 3 aromatic rings. The first kappa shape index (κ1) is 12.7. The molecule has 100 valence electrons. The molecular formula is C15H12ClN3O. The maximum atomic E-state index is 5.95. The van der Waals surface area contributed by atoms with Crippen LogP contribution in [0.1, 0.15) is 11.5 Å². The molecule has 0 unspecified atom stereocenters. The molecule has 0 aliphatic carbocycles. The highest BCUT2D eigenvalue weighted by Crippen LogP contribution is 2.23. The Balaban J connectivity index is 1.86. The molecule has 4 nitrogen and oxygen atoms in total. The molecule has 1 heterocycles. The van der Waals surface area contributed by atoms with Crippen molar-refractivity contribution < 1.29 is 4.52 Å². The molecule has 0 bridgehead atoms. The first-order valence-corrected chi connectivity index (χ1v) is 6.52. The van der Waals surface area contributed by atoms with Crippen molar-refractivity contribution in [1.82, 2.24) is 10.1 Å². The summed E-state index contributed by atoms with van der Waals surface area (Å²) in [5.41, 5.74) is 8.32. The molecule has 3 rings (SSSR count). The number of aromatic nitrogens is 2. The van der Waals surface area contributed by atoms with E-state index in [0.29, 0.717) is 28.8 Å². The molecule has 5 heteroatoms. The van der Waals surface area contributed by atoms with Gasteiger partial charge in [0.05, 0.1) is 6.42 Å². The van der Waals surface area contributed by atoms with Gasteiger partial charge in [-0.25, -0.2) is 0 Å². The number of hydrogen-bond acceptors (Lipinski definition) is 4. The van der Waals surface area contributed by atoms with E-state index in [0.717, 1.165) is 11.1 Å². The van der Waals surface area contributed by atoms with Crippen LogP contribution in [-0.2, 0) is 6.42 Å². The third kappa shape index (κ3) is 2.65. The normalized spacial score (nSPS) is 10.7. The van der Waals surface area contributed by atoms with Crippen LogP contribution in [0.3, 0.4) is 0 Å². The van der Waals surface area contributed by atoms with E-state index in [2.05, 4.69) is 10.1 Å². The zero-order chi connectivity index (χ0) is 13.9. The zero-order valence-electron chi connectivity index (χ0n) is 10.6. The fraction of sp³-hybridized carbons (Fsp3) is 0.0667. The highest BCUT2D eigenvalue weighted by atomic mass is 35.5. The molecule has 2 N–H and O–H groups in total. The molecule has 0 saturated carbocycles. The number of nitrogens with zero attached hydrogens (tertiary/aromatic N) is 2. The molecular weight excluding hydrogens is 274 g/mol. The van der Waals surface area contributed by atoms with Crippen LogP contribution in [0.25, 0.3) is 11.4 Å². The van der Waals surface area contributed by atoms with Crippen molar-refractivity contribution in [3.63, 3.8) is 0 Å². The van der Waals surface area contributed by atoms with E-state index in [1.165, 1.54) is 0 Å². The fourth-order valence-corrected chi connectivity index (χ4v) is 2.17. The van der Waals surface area contributed by atoms with Gasteiger partial charge < -0.3 is 10.3 Å². The summed E-state index contributed by atoms with van der Waals surface area (Å²) in [5, 5.41) is 4.66. The molecule has 1 aromatic heterocycles. The van der Waals surface area contributed by atoms with Gasteiger partial charge in [0.2, 0.25) is 11.7 Å². The Morgan fingerprint density at radius 3 is 2.75 bits per heavy atom. The van der Waals surface area contributed by atoms with Gasteiger partial charge in [0, 0.05) is 16.3 Å². The van der Waals surface area contributed by atoms with Gasteiger partial charge in [-0.3, -0.25) is 0 Å². The molecule has 20 heavy (non-hydrogen) atoms. The SMILES string of the molecule is Nc1ccccc1-c1noc(Cc2cccc(Cl)c2)n1. The van der Waals surface area contributed by atoms with Gasteiger partial charge in [-0.05, 0) is 29.8 Å². The quantitative estimate of drug-likeness (QED) is 0.747. The summed E-state index contributed by atoms with van der Waals surface area (Å²) < 4.78 is 5.26. The van der Waals surface area contributed by atoms with E-state index in [4.69, 9.17) is 21.9 Å². The minimum atomic E-state index is 0.500. The van der Waals surface area contributed by atoms with Crippen LogP contribution in [0.5, 0.6) is 0 Å². The predicted octanol–water partition coefficient (Wildman–Crippen LogP) is 3.56. The Labute approximate surface area is 121 Å². The van der Waals surface area contributed by atoms with Crippen molar-refractivity contribution in [2.24, 2.45) is 0 Å². The van der Waals surface area contributed by atoms with Crippen molar-refractivity contribution in [2.75, 3.05) is 5.73 Å². The van der Waals surface area contributed by atoms with Crippen molar-refractivity contribution in [2.45, 2.75) is 6.42 Å². The Morgan fingerprint density at radius 2 is 1.95 bits per heavy atom. The Bertz CT molecular complexity index is 739. The summed E-state index contributed by atoms with van der Waals surface area (Å²) in [4.78, 5) is 4.37. The van der Waals surface area contributed by atoms with Gasteiger partial charge in [-0.1, -0.05) is 41.0 Å². The number of nitrogens with two attached hydrogens (primary N) is 1. The highest BCUT2D eigenvalue weighted by Gasteiger charge is 2.11. The number of benzene rings is 2. The second kappa shape index (κ2) is 5.35. The lowest BCUT2D eigenvalue weighted by Gasteiger charge is -1.98. The topological polar surface area (TPSA) is 64.9 Å². The van der Waals surface area contributed by atoms with Crippen LogP contribution in [0, 0.1) is 0 Å². The summed E-state index contributed by atoms with van der Waals surface area (Å²) in [6.45, 7) is 0. The summed E-state index contributed by atoms with van der Waals surface area (Å²) in [6.07, 6.45) is 0.542. The van der Waals surface area contributed by atoms with Crippen LogP contribution in [0.2, 0.25) is 5.02 Å². The van der Waals surface area contributed by atoms with Crippen LogP contribution in [0.4, 0.5) is 5.69 Å². The molecule has 0 atom stereocenters. The highest BCUT2D eigenvalue weighted by molar-refractivity contribution is 6.30. The van der Waals surface area contributed by atoms with Gasteiger partial charge in [-0.2, -0.15) is 4.98 Å².